The molecule has 1 rings (SSSR count). The number of sulfonamides is 1. The summed E-state index contributed by atoms with van der Waals surface area (Å²) >= 11 is 0. The summed E-state index contributed by atoms with van der Waals surface area (Å²) in [6, 6.07) is 2.32. The van der Waals surface area contributed by atoms with Gasteiger partial charge in [0, 0.05) is 7.05 Å². The number of oxime groups is 1. The fourth-order valence-corrected chi connectivity index (χ4v) is 2.86. The molecule has 0 spiro atoms. The lowest BCUT2D eigenvalue weighted by molar-refractivity contribution is -0.137. The molecule has 0 amide bonds. The standard InChI is InChI=1S/C11H14F3N3O3S/c1-7(10(15)16-18)17(2)21(19,20)9-5-3-4-8(6-9)11(12,13)14/h3-7,18H,1-2H3,(H2,15,16). The van der Waals surface area contributed by atoms with Gasteiger partial charge >= 0.3 is 6.18 Å². The fraction of sp³-hybridized carbons (Fsp3) is 0.364. The van der Waals surface area contributed by atoms with Crippen LogP contribution in [-0.4, -0.2) is 36.9 Å². The first-order chi connectivity index (χ1) is 9.51. The highest BCUT2D eigenvalue weighted by atomic mass is 32.2. The van der Waals surface area contributed by atoms with Crippen LogP contribution in [-0.2, 0) is 16.2 Å². The number of alkyl halides is 3. The highest BCUT2D eigenvalue weighted by molar-refractivity contribution is 7.89. The van der Waals surface area contributed by atoms with Gasteiger partial charge in [-0.3, -0.25) is 0 Å². The Kier molecular flexibility index (Phi) is 4.84. The molecule has 0 aromatic heterocycles. The van der Waals surface area contributed by atoms with Crippen molar-refractivity contribution in [2.24, 2.45) is 10.9 Å². The Labute approximate surface area is 119 Å². The van der Waals surface area contributed by atoms with E-state index in [1.165, 1.54) is 6.92 Å². The van der Waals surface area contributed by atoms with Crippen LogP contribution in [0.5, 0.6) is 0 Å². The maximum Gasteiger partial charge on any atom is 0.416 e. The lowest BCUT2D eigenvalue weighted by Gasteiger charge is -2.23. The number of nitrogens with zero attached hydrogens (tertiary/aromatic N) is 2. The molecule has 0 aliphatic carbocycles. The number of nitrogens with two attached hydrogens (primary N) is 1. The van der Waals surface area contributed by atoms with Crippen molar-refractivity contribution >= 4 is 15.9 Å². The molecule has 0 bridgehead atoms. The molecule has 1 atom stereocenters. The molecule has 6 nitrogen and oxygen atoms in total. The average Bonchev–Trinajstić information content (AvgIpc) is 2.44. The molecular formula is C11H14F3N3O3S. The highest BCUT2D eigenvalue weighted by Gasteiger charge is 2.33. The lowest BCUT2D eigenvalue weighted by Crippen LogP contribution is -2.43. The Morgan fingerprint density at radius 2 is 2.00 bits per heavy atom. The molecule has 3 N–H and O–H groups in total. The number of likely N-dealkylation sites (N-methyl/N-ethyl adjacent to an activating group) is 1. The van der Waals surface area contributed by atoms with Crippen molar-refractivity contribution < 1.29 is 26.8 Å². The predicted molar refractivity (Wildman–Crippen MR) is 69.3 cm³/mol. The molecule has 0 saturated carbocycles. The number of hydrogen-bond acceptors (Lipinski definition) is 4. The Balaban J connectivity index is 3.26. The van der Waals surface area contributed by atoms with Crippen molar-refractivity contribution in [3.63, 3.8) is 0 Å². The first kappa shape index (κ1) is 17.2. The summed E-state index contributed by atoms with van der Waals surface area (Å²) in [5.41, 5.74) is 4.23. The number of amidine groups is 1. The van der Waals surface area contributed by atoms with Gasteiger partial charge in [0.15, 0.2) is 5.84 Å². The molecule has 118 valence electrons. The van der Waals surface area contributed by atoms with E-state index in [-0.39, 0.29) is 5.84 Å². The molecule has 10 heteroatoms. The first-order valence-electron chi connectivity index (χ1n) is 5.64. The maximum absolute atomic E-state index is 12.6. The minimum absolute atomic E-state index is 0.381. The number of benzene rings is 1. The van der Waals surface area contributed by atoms with Gasteiger partial charge in [-0.05, 0) is 25.1 Å². The minimum Gasteiger partial charge on any atom is -0.409 e. The maximum atomic E-state index is 12.6. The Bertz CT molecular complexity index is 644. The van der Waals surface area contributed by atoms with Crippen molar-refractivity contribution in [2.75, 3.05) is 7.05 Å². The largest absolute Gasteiger partial charge is 0.416 e. The third kappa shape index (κ3) is 3.64. The minimum atomic E-state index is -4.65. The van der Waals surface area contributed by atoms with Crippen LogP contribution in [0.3, 0.4) is 0 Å². The third-order valence-corrected chi connectivity index (χ3v) is 4.85. The highest BCUT2D eigenvalue weighted by Crippen LogP contribution is 2.31. The topological polar surface area (TPSA) is 96.0 Å². The molecule has 0 radical (unpaired) electrons. The van der Waals surface area contributed by atoms with Crippen LogP contribution >= 0.6 is 0 Å². The van der Waals surface area contributed by atoms with Crippen LogP contribution < -0.4 is 5.73 Å². The molecule has 0 aliphatic heterocycles. The fourth-order valence-electron chi connectivity index (χ4n) is 1.48. The van der Waals surface area contributed by atoms with E-state index in [9.17, 15) is 21.6 Å². The van der Waals surface area contributed by atoms with Crippen molar-refractivity contribution in [1.82, 2.24) is 4.31 Å². The van der Waals surface area contributed by atoms with Crippen LogP contribution in [0.25, 0.3) is 0 Å². The second-order valence-electron chi connectivity index (χ2n) is 4.25. The zero-order valence-corrected chi connectivity index (χ0v) is 12.0. The Morgan fingerprint density at radius 1 is 1.43 bits per heavy atom. The third-order valence-electron chi connectivity index (χ3n) is 2.93. The second kappa shape index (κ2) is 5.90. The van der Waals surface area contributed by atoms with E-state index < -0.39 is 32.7 Å². The number of hydrogen-bond donors (Lipinski definition) is 2. The molecule has 1 aromatic carbocycles. The van der Waals surface area contributed by atoms with E-state index in [0.717, 1.165) is 29.6 Å². The zero-order valence-electron chi connectivity index (χ0n) is 11.2. The summed E-state index contributed by atoms with van der Waals surface area (Å²) in [7, 11) is -3.09. The van der Waals surface area contributed by atoms with E-state index in [4.69, 9.17) is 10.9 Å². The summed E-state index contributed by atoms with van der Waals surface area (Å²) in [5, 5.41) is 11.2. The zero-order chi connectivity index (χ0) is 16.4. The molecule has 1 unspecified atom stereocenters. The summed E-state index contributed by atoms with van der Waals surface area (Å²) in [4.78, 5) is -0.530. The van der Waals surface area contributed by atoms with Gasteiger partial charge in [0.1, 0.15) is 0 Å². The second-order valence-corrected chi connectivity index (χ2v) is 6.25. The van der Waals surface area contributed by atoms with Crippen LogP contribution in [0.1, 0.15) is 12.5 Å². The van der Waals surface area contributed by atoms with Gasteiger partial charge < -0.3 is 10.9 Å². The van der Waals surface area contributed by atoms with E-state index in [1.807, 2.05) is 0 Å². The van der Waals surface area contributed by atoms with Gasteiger partial charge in [-0.1, -0.05) is 11.2 Å². The Hall–Kier alpha value is -1.81. The smallest absolute Gasteiger partial charge is 0.409 e. The Morgan fingerprint density at radius 3 is 2.48 bits per heavy atom. The summed E-state index contributed by atoms with van der Waals surface area (Å²) < 4.78 is 63.1. The van der Waals surface area contributed by atoms with Gasteiger partial charge in [-0.15, -0.1) is 0 Å². The summed E-state index contributed by atoms with van der Waals surface area (Å²) in [5.74, 6) is -0.381. The average molecular weight is 325 g/mol. The van der Waals surface area contributed by atoms with Crippen molar-refractivity contribution in [3.8, 4) is 0 Å². The molecular weight excluding hydrogens is 311 g/mol. The molecule has 0 fully saturated rings. The van der Waals surface area contributed by atoms with Crippen molar-refractivity contribution in [2.45, 2.75) is 24.0 Å². The van der Waals surface area contributed by atoms with Crippen molar-refractivity contribution in [3.05, 3.63) is 29.8 Å². The summed E-state index contributed by atoms with van der Waals surface area (Å²) in [6.45, 7) is 1.33. The lowest BCUT2D eigenvalue weighted by atomic mass is 10.2. The van der Waals surface area contributed by atoms with Gasteiger partial charge in [-0.2, -0.15) is 17.5 Å². The van der Waals surface area contributed by atoms with E-state index in [0.29, 0.717) is 6.07 Å². The van der Waals surface area contributed by atoms with Crippen molar-refractivity contribution in [1.29, 1.82) is 0 Å². The monoisotopic (exact) mass is 325 g/mol. The molecule has 1 aromatic rings. The predicted octanol–water partition coefficient (Wildman–Crippen LogP) is 1.46. The quantitative estimate of drug-likeness (QED) is 0.379. The van der Waals surface area contributed by atoms with E-state index in [2.05, 4.69) is 5.16 Å². The van der Waals surface area contributed by atoms with Crippen LogP contribution in [0, 0.1) is 0 Å². The molecule has 0 aliphatic rings. The van der Waals surface area contributed by atoms with E-state index in [1.54, 1.807) is 0 Å². The first-order valence-corrected chi connectivity index (χ1v) is 7.08. The van der Waals surface area contributed by atoms with E-state index >= 15 is 0 Å². The SMILES string of the molecule is CC(C(N)=NO)N(C)S(=O)(=O)c1cccc(C(F)(F)F)c1. The van der Waals surface area contributed by atoms with Crippen LogP contribution in [0.4, 0.5) is 13.2 Å². The number of halogens is 3. The van der Waals surface area contributed by atoms with Gasteiger partial charge in [0.25, 0.3) is 0 Å². The molecule has 0 heterocycles. The normalized spacial score (nSPS) is 15.2. The van der Waals surface area contributed by atoms with Crippen LogP contribution in [0.15, 0.2) is 34.3 Å². The van der Waals surface area contributed by atoms with Crippen LogP contribution in [0.2, 0.25) is 0 Å². The van der Waals surface area contributed by atoms with Gasteiger partial charge in [0.05, 0.1) is 16.5 Å². The number of rotatable bonds is 4. The molecule has 21 heavy (non-hydrogen) atoms. The summed E-state index contributed by atoms with van der Waals surface area (Å²) in [6.07, 6.45) is -4.65. The van der Waals surface area contributed by atoms with Gasteiger partial charge in [-0.25, -0.2) is 8.42 Å². The molecule has 0 saturated heterocycles. The van der Waals surface area contributed by atoms with Gasteiger partial charge in [0.2, 0.25) is 10.0 Å².